The fraction of sp³-hybridized carbons (Fsp3) is 0.200. The molecular formula is C15H14N2. The smallest absolute Gasteiger partial charge is 0.0759 e. The van der Waals surface area contributed by atoms with Crippen LogP contribution in [0.3, 0.4) is 0 Å². The molecular weight excluding hydrogens is 208 g/mol. The highest BCUT2D eigenvalue weighted by molar-refractivity contribution is 6.05. The molecule has 0 unspecified atom stereocenters. The SMILES string of the molecule is CC1=NCC(c2nccc3cc(C)ccc23)=C1. The van der Waals surface area contributed by atoms with Crippen LogP contribution < -0.4 is 0 Å². The molecule has 0 N–H and O–H groups in total. The van der Waals surface area contributed by atoms with E-state index in [9.17, 15) is 0 Å². The van der Waals surface area contributed by atoms with Crippen molar-refractivity contribution in [2.24, 2.45) is 4.99 Å². The van der Waals surface area contributed by atoms with Crippen LogP contribution in [0.5, 0.6) is 0 Å². The Balaban J connectivity index is 2.21. The van der Waals surface area contributed by atoms with E-state index in [4.69, 9.17) is 0 Å². The first-order valence-electron chi connectivity index (χ1n) is 5.81. The molecule has 1 aromatic carbocycles. The van der Waals surface area contributed by atoms with Crippen LogP contribution in [0, 0.1) is 6.92 Å². The maximum Gasteiger partial charge on any atom is 0.0759 e. The summed E-state index contributed by atoms with van der Waals surface area (Å²) in [6.45, 7) is 4.90. The first kappa shape index (κ1) is 10.2. The van der Waals surface area contributed by atoms with Crippen molar-refractivity contribution >= 4 is 22.1 Å². The summed E-state index contributed by atoms with van der Waals surface area (Å²) in [4.78, 5) is 8.91. The highest BCUT2D eigenvalue weighted by atomic mass is 14.8. The highest BCUT2D eigenvalue weighted by Crippen LogP contribution is 2.26. The van der Waals surface area contributed by atoms with Crippen LogP contribution in [-0.2, 0) is 0 Å². The molecule has 0 fully saturated rings. The van der Waals surface area contributed by atoms with E-state index in [1.807, 2.05) is 13.1 Å². The number of allylic oxidation sites excluding steroid dienone is 1. The van der Waals surface area contributed by atoms with Crippen molar-refractivity contribution in [1.82, 2.24) is 4.98 Å². The number of aryl methyl sites for hydroxylation is 1. The molecule has 2 heteroatoms. The second-order valence-corrected chi connectivity index (χ2v) is 4.51. The Morgan fingerprint density at radius 1 is 1.12 bits per heavy atom. The Morgan fingerprint density at radius 2 is 2.00 bits per heavy atom. The van der Waals surface area contributed by atoms with Gasteiger partial charge in [0.25, 0.3) is 0 Å². The third-order valence-electron chi connectivity index (χ3n) is 3.11. The van der Waals surface area contributed by atoms with E-state index in [0.717, 1.165) is 18.0 Å². The van der Waals surface area contributed by atoms with Crippen LogP contribution in [0.25, 0.3) is 16.3 Å². The predicted molar refractivity (Wildman–Crippen MR) is 72.4 cm³/mol. The number of nitrogens with zero attached hydrogens (tertiary/aromatic N) is 2. The Hall–Kier alpha value is -1.96. The zero-order valence-electron chi connectivity index (χ0n) is 10.1. The fourth-order valence-corrected chi connectivity index (χ4v) is 2.25. The van der Waals surface area contributed by atoms with Crippen LogP contribution in [0.15, 0.2) is 41.5 Å². The molecule has 3 rings (SSSR count). The molecule has 17 heavy (non-hydrogen) atoms. The number of hydrogen-bond donors (Lipinski definition) is 0. The lowest BCUT2D eigenvalue weighted by Crippen LogP contribution is -1.92. The zero-order valence-corrected chi connectivity index (χ0v) is 10.1. The van der Waals surface area contributed by atoms with Crippen molar-refractivity contribution in [2.45, 2.75) is 13.8 Å². The summed E-state index contributed by atoms with van der Waals surface area (Å²) in [5.41, 5.74) is 4.66. The van der Waals surface area contributed by atoms with E-state index in [-0.39, 0.29) is 0 Å². The number of fused-ring (bicyclic) bond motifs is 1. The molecule has 0 radical (unpaired) electrons. The van der Waals surface area contributed by atoms with Crippen molar-refractivity contribution in [2.75, 3.05) is 6.54 Å². The van der Waals surface area contributed by atoms with Gasteiger partial charge in [-0.15, -0.1) is 0 Å². The van der Waals surface area contributed by atoms with Crippen LogP contribution in [0.1, 0.15) is 18.2 Å². The summed E-state index contributed by atoms with van der Waals surface area (Å²) in [6.07, 6.45) is 4.01. The maximum atomic E-state index is 4.51. The van der Waals surface area contributed by atoms with E-state index in [1.54, 1.807) is 0 Å². The van der Waals surface area contributed by atoms with Crippen molar-refractivity contribution < 1.29 is 0 Å². The largest absolute Gasteiger partial charge is 0.285 e. The van der Waals surface area contributed by atoms with Gasteiger partial charge in [0.05, 0.1) is 12.2 Å². The molecule has 0 bridgehead atoms. The molecule has 0 amide bonds. The molecule has 1 aliphatic rings. The summed E-state index contributed by atoms with van der Waals surface area (Å²) in [5, 5.41) is 2.47. The average Bonchev–Trinajstić information content (AvgIpc) is 2.74. The lowest BCUT2D eigenvalue weighted by molar-refractivity contribution is 1.23. The number of aliphatic imine (C=N–C) groups is 1. The predicted octanol–water partition coefficient (Wildman–Crippen LogP) is 3.40. The third-order valence-corrected chi connectivity index (χ3v) is 3.11. The van der Waals surface area contributed by atoms with Crippen molar-refractivity contribution in [3.8, 4) is 0 Å². The van der Waals surface area contributed by atoms with Gasteiger partial charge in [-0.05, 0) is 31.4 Å². The van der Waals surface area contributed by atoms with Crippen molar-refractivity contribution in [3.63, 3.8) is 0 Å². The van der Waals surface area contributed by atoms with Crippen LogP contribution in [0.2, 0.25) is 0 Å². The maximum absolute atomic E-state index is 4.51. The summed E-state index contributed by atoms with van der Waals surface area (Å²) >= 11 is 0. The van der Waals surface area contributed by atoms with Crippen LogP contribution in [-0.4, -0.2) is 17.2 Å². The molecule has 1 aromatic heterocycles. The number of pyridine rings is 1. The topological polar surface area (TPSA) is 25.2 Å². The molecule has 2 heterocycles. The van der Waals surface area contributed by atoms with Gasteiger partial charge >= 0.3 is 0 Å². The van der Waals surface area contributed by atoms with Crippen LogP contribution in [0.4, 0.5) is 0 Å². The number of benzene rings is 1. The molecule has 2 aromatic rings. The van der Waals surface area contributed by atoms with Crippen LogP contribution >= 0.6 is 0 Å². The minimum absolute atomic E-state index is 0.756. The summed E-state index contributed by atoms with van der Waals surface area (Å²) < 4.78 is 0. The first-order valence-corrected chi connectivity index (χ1v) is 5.81. The number of hydrogen-bond acceptors (Lipinski definition) is 2. The minimum Gasteiger partial charge on any atom is -0.285 e. The molecule has 2 nitrogen and oxygen atoms in total. The van der Waals surface area contributed by atoms with Gasteiger partial charge in [-0.3, -0.25) is 9.98 Å². The standard InChI is InChI=1S/C15H14N2/c1-10-3-4-14-12(7-10)5-6-16-15(14)13-8-11(2)17-9-13/h3-8H,9H2,1-2H3. The van der Waals surface area contributed by atoms with Crippen molar-refractivity contribution in [1.29, 1.82) is 0 Å². The highest BCUT2D eigenvalue weighted by Gasteiger charge is 2.11. The monoisotopic (exact) mass is 222 g/mol. The lowest BCUT2D eigenvalue weighted by atomic mass is 10.0. The van der Waals surface area contributed by atoms with E-state index < -0.39 is 0 Å². The Kier molecular flexibility index (Phi) is 2.29. The van der Waals surface area contributed by atoms with Crippen molar-refractivity contribution in [3.05, 3.63) is 47.8 Å². The average molecular weight is 222 g/mol. The quantitative estimate of drug-likeness (QED) is 0.726. The van der Waals surface area contributed by atoms with Gasteiger partial charge < -0.3 is 0 Å². The molecule has 84 valence electrons. The number of rotatable bonds is 1. The lowest BCUT2D eigenvalue weighted by Gasteiger charge is -2.06. The summed E-state index contributed by atoms with van der Waals surface area (Å²) in [7, 11) is 0. The second-order valence-electron chi connectivity index (χ2n) is 4.51. The Morgan fingerprint density at radius 3 is 2.76 bits per heavy atom. The van der Waals surface area contributed by atoms with Gasteiger partial charge in [0.15, 0.2) is 0 Å². The Bertz CT molecular complexity index is 651. The van der Waals surface area contributed by atoms with Gasteiger partial charge in [-0.25, -0.2) is 0 Å². The van der Waals surface area contributed by atoms with E-state index in [0.29, 0.717) is 0 Å². The normalized spacial score (nSPS) is 14.9. The van der Waals surface area contributed by atoms with Gasteiger partial charge in [-0.1, -0.05) is 23.8 Å². The van der Waals surface area contributed by atoms with Gasteiger partial charge in [0.2, 0.25) is 0 Å². The van der Waals surface area contributed by atoms with E-state index in [1.165, 1.54) is 21.9 Å². The second kappa shape index (κ2) is 3.81. The summed E-state index contributed by atoms with van der Waals surface area (Å²) in [6, 6.07) is 8.55. The van der Waals surface area contributed by atoms with E-state index >= 15 is 0 Å². The molecule has 0 spiro atoms. The first-order chi connectivity index (χ1) is 8.24. The zero-order chi connectivity index (χ0) is 11.8. The minimum atomic E-state index is 0.756. The number of aromatic nitrogens is 1. The molecule has 0 atom stereocenters. The molecule has 0 saturated heterocycles. The third kappa shape index (κ3) is 1.76. The Labute approximate surface area is 101 Å². The molecule has 1 aliphatic heterocycles. The fourth-order valence-electron chi connectivity index (χ4n) is 2.25. The van der Waals surface area contributed by atoms with E-state index in [2.05, 4.69) is 47.2 Å². The van der Waals surface area contributed by atoms with Gasteiger partial charge in [0.1, 0.15) is 0 Å². The van der Waals surface area contributed by atoms with Gasteiger partial charge in [-0.2, -0.15) is 0 Å². The molecule has 0 saturated carbocycles. The summed E-state index contributed by atoms with van der Waals surface area (Å²) in [5.74, 6) is 0. The van der Waals surface area contributed by atoms with Gasteiger partial charge in [0, 0.05) is 22.9 Å². The molecule has 0 aliphatic carbocycles.